The van der Waals surface area contributed by atoms with Crippen molar-refractivity contribution in [1.82, 2.24) is 15.0 Å². The van der Waals surface area contributed by atoms with Gasteiger partial charge < -0.3 is 9.64 Å². The van der Waals surface area contributed by atoms with Crippen LogP contribution in [0.2, 0.25) is 5.02 Å². The van der Waals surface area contributed by atoms with Gasteiger partial charge in [0.25, 0.3) is 0 Å². The van der Waals surface area contributed by atoms with E-state index in [2.05, 4.69) is 26.8 Å². The van der Waals surface area contributed by atoms with E-state index < -0.39 is 0 Å². The molecule has 0 amide bonds. The molecule has 0 aromatic carbocycles. The van der Waals surface area contributed by atoms with E-state index >= 15 is 0 Å². The van der Waals surface area contributed by atoms with Gasteiger partial charge in [-0.25, -0.2) is 9.97 Å². The van der Waals surface area contributed by atoms with Crippen LogP contribution < -0.4 is 9.64 Å². The molecule has 5 nitrogen and oxygen atoms in total. The van der Waals surface area contributed by atoms with Gasteiger partial charge in [-0.05, 0) is 30.7 Å². The average molecular weight is 333 g/mol. The van der Waals surface area contributed by atoms with Crippen LogP contribution >= 0.6 is 11.6 Å². The van der Waals surface area contributed by atoms with Gasteiger partial charge in [0.15, 0.2) is 0 Å². The van der Waals surface area contributed by atoms with Crippen LogP contribution in [0.4, 0.5) is 5.95 Å². The lowest BCUT2D eigenvalue weighted by Gasteiger charge is -2.31. The van der Waals surface area contributed by atoms with Gasteiger partial charge in [-0.15, -0.1) is 0 Å². The molecule has 0 spiro atoms. The quantitative estimate of drug-likeness (QED) is 0.840. The molecule has 3 rings (SSSR count). The van der Waals surface area contributed by atoms with E-state index in [1.165, 1.54) is 5.56 Å². The first-order valence-corrected chi connectivity index (χ1v) is 8.42. The van der Waals surface area contributed by atoms with E-state index in [1.54, 1.807) is 18.5 Å². The summed E-state index contributed by atoms with van der Waals surface area (Å²) >= 11 is 6.06. The lowest BCUT2D eigenvalue weighted by atomic mass is 9.98. The zero-order valence-electron chi connectivity index (χ0n) is 13.3. The predicted molar refractivity (Wildman–Crippen MR) is 91.1 cm³/mol. The van der Waals surface area contributed by atoms with Gasteiger partial charge in [0.05, 0.1) is 6.61 Å². The van der Waals surface area contributed by atoms with Crippen LogP contribution in [0.15, 0.2) is 30.9 Å². The van der Waals surface area contributed by atoms with Crippen molar-refractivity contribution in [2.75, 3.05) is 24.6 Å². The van der Waals surface area contributed by atoms with Crippen LogP contribution in [0.5, 0.6) is 5.75 Å². The van der Waals surface area contributed by atoms with E-state index in [0.717, 1.165) is 38.3 Å². The first-order valence-electron chi connectivity index (χ1n) is 8.04. The molecule has 0 radical (unpaired) electrons. The third kappa shape index (κ3) is 4.10. The highest BCUT2D eigenvalue weighted by Gasteiger charge is 2.21. The van der Waals surface area contributed by atoms with Gasteiger partial charge >= 0.3 is 0 Å². The van der Waals surface area contributed by atoms with Crippen molar-refractivity contribution in [3.8, 4) is 5.75 Å². The fourth-order valence-corrected chi connectivity index (χ4v) is 2.85. The van der Waals surface area contributed by atoms with Crippen molar-refractivity contribution in [2.45, 2.75) is 26.2 Å². The molecule has 0 atom stereocenters. The third-order valence-corrected chi connectivity index (χ3v) is 4.49. The van der Waals surface area contributed by atoms with Crippen molar-refractivity contribution in [3.05, 3.63) is 41.4 Å². The van der Waals surface area contributed by atoms with E-state index in [-0.39, 0.29) is 0 Å². The Balaban J connectivity index is 1.49. The van der Waals surface area contributed by atoms with Crippen LogP contribution in [0, 0.1) is 5.92 Å². The van der Waals surface area contributed by atoms with Crippen LogP contribution in [-0.2, 0) is 6.42 Å². The van der Waals surface area contributed by atoms with Crippen molar-refractivity contribution in [2.24, 2.45) is 5.92 Å². The lowest BCUT2D eigenvalue weighted by molar-refractivity contribution is 0.222. The molecule has 0 unspecified atom stereocenters. The molecule has 2 aromatic rings. The average Bonchev–Trinajstić information content (AvgIpc) is 2.62. The number of ether oxygens (including phenoxy) is 1. The summed E-state index contributed by atoms with van der Waals surface area (Å²) in [6.07, 6.45) is 10.3. The molecular weight excluding hydrogens is 312 g/mol. The molecule has 0 N–H and O–H groups in total. The van der Waals surface area contributed by atoms with E-state index in [9.17, 15) is 0 Å². The Morgan fingerprint density at radius 1 is 1.22 bits per heavy atom. The highest BCUT2D eigenvalue weighted by Crippen LogP contribution is 2.25. The second kappa shape index (κ2) is 7.59. The Hall–Kier alpha value is -1.88. The first-order chi connectivity index (χ1) is 11.3. The molecule has 1 aliphatic heterocycles. The van der Waals surface area contributed by atoms with Crippen LogP contribution in [0.25, 0.3) is 0 Å². The first kappa shape index (κ1) is 16.0. The van der Waals surface area contributed by atoms with Crippen molar-refractivity contribution in [3.63, 3.8) is 0 Å². The Morgan fingerprint density at radius 2 is 1.96 bits per heavy atom. The van der Waals surface area contributed by atoms with Crippen molar-refractivity contribution in [1.29, 1.82) is 0 Å². The minimum Gasteiger partial charge on any atom is -0.492 e. The summed E-state index contributed by atoms with van der Waals surface area (Å²) in [5.41, 5.74) is 1.17. The van der Waals surface area contributed by atoms with Crippen LogP contribution in [0.1, 0.15) is 25.3 Å². The molecule has 1 aliphatic rings. The molecule has 6 heteroatoms. The van der Waals surface area contributed by atoms with Crippen LogP contribution in [0.3, 0.4) is 0 Å². The number of hydrogen-bond acceptors (Lipinski definition) is 5. The normalized spacial score (nSPS) is 15.7. The zero-order chi connectivity index (χ0) is 16.1. The summed E-state index contributed by atoms with van der Waals surface area (Å²) in [4.78, 5) is 15.1. The summed E-state index contributed by atoms with van der Waals surface area (Å²) in [5.74, 6) is 2.08. The van der Waals surface area contributed by atoms with Gasteiger partial charge in [-0.1, -0.05) is 18.5 Å². The SMILES string of the molecule is CCc1cnc(N2CCC(COc3ccncc3Cl)CC2)nc1. The minimum absolute atomic E-state index is 0.533. The minimum atomic E-state index is 0.533. The molecular formula is C17H21ClN4O. The lowest BCUT2D eigenvalue weighted by Crippen LogP contribution is -2.36. The fourth-order valence-electron chi connectivity index (χ4n) is 2.68. The third-order valence-electron chi connectivity index (χ3n) is 4.21. The number of pyridine rings is 1. The largest absolute Gasteiger partial charge is 0.492 e. The number of piperidine rings is 1. The molecule has 122 valence electrons. The molecule has 0 aliphatic carbocycles. The second-order valence-electron chi connectivity index (χ2n) is 5.79. The van der Waals surface area contributed by atoms with Crippen molar-refractivity contribution >= 4 is 17.5 Å². The molecule has 1 fully saturated rings. The number of hydrogen-bond donors (Lipinski definition) is 0. The van der Waals surface area contributed by atoms with E-state index in [4.69, 9.17) is 16.3 Å². The summed E-state index contributed by atoms with van der Waals surface area (Å²) in [5, 5.41) is 0.564. The fraction of sp³-hybridized carbons (Fsp3) is 0.471. The van der Waals surface area contributed by atoms with E-state index in [1.807, 2.05) is 12.4 Å². The summed E-state index contributed by atoms with van der Waals surface area (Å²) in [6.45, 7) is 4.72. The molecule has 0 saturated carbocycles. The Bertz CT molecular complexity index is 627. The van der Waals surface area contributed by atoms with E-state index in [0.29, 0.717) is 23.3 Å². The Morgan fingerprint density at radius 3 is 2.61 bits per heavy atom. The van der Waals surface area contributed by atoms with Gasteiger partial charge in [-0.2, -0.15) is 0 Å². The smallest absolute Gasteiger partial charge is 0.225 e. The molecule has 3 heterocycles. The molecule has 2 aromatic heterocycles. The number of nitrogens with zero attached hydrogens (tertiary/aromatic N) is 4. The zero-order valence-corrected chi connectivity index (χ0v) is 14.0. The Labute approximate surface area is 141 Å². The van der Waals surface area contributed by atoms with Gasteiger partial charge in [0.2, 0.25) is 5.95 Å². The van der Waals surface area contributed by atoms with Gasteiger partial charge in [0, 0.05) is 43.9 Å². The molecule has 23 heavy (non-hydrogen) atoms. The summed E-state index contributed by atoms with van der Waals surface area (Å²) in [7, 11) is 0. The van der Waals surface area contributed by atoms with Crippen LogP contribution in [-0.4, -0.2) is 34.6 Å². The summed E-state index contributed by atoms with van der Waals surface area (Å²) in [6, 6.07) is 1.81. The summed E-state index contributed by atoms with van der Waals surface area (Å²) < 4.78 is 5.83. The van der Waals surface area contributed by atoms with Gasteiger partial charge in [0.1, 0.15) is 10.8 Å². The van der Waals surface area contributed by atoms with Gasteiger partial charge in [-0.3, -0.25) is 4.98 Å². The maximum absolute atomic E-state index is 6.06. The molecule has 0 bridgehead atoms. The standard InChI is InChI=1S/C17H21ClN4O/c1-2-13-9-20-17(21-10-13)22-7-4-14(5-8-22)12-23-16-3-6-19-11-15(16)18/h3,6,9-11,14H,2,4-5,7-8,12H2,1H3. The number of rotatable bonds is 5. The topological polar surface area (TPSA) is 51.1 Å². The van der Waals surface area contributed by atoms with Crippen molar-refractivity contribution < 1.29 is 4.74 Å². The predicted octanol–water partition coefficient (Wildman–Crippen LogP) is 3.38. The monoisotopic (exact) mass is 332 g/mol. The maximum Gasteiger partial charge on any atom is 0.225 e. The highest BCUT2D eigenvalue weighted by molar-refractivity contribution is 6.31. The maximum atomic E-state index is 6.06. The number of aromatic nitrogens is 3. The highest BCUT2D eigenvalue weighted by atomic mass is 35.5. The number of anilines is 1. The number of halogens is 1. The Kier molecular flexibility index (Phi) is 5.28. The molecule has 1 saturated heterocycles. The number of aryl methyl sites for hydroxylation is 1. The second-order valence-corrected chi connectivity index (χ2v) is 6.20.